The lowest BCUT2D eigenvalue weighted by molar-refractivity contribution is -0.156. The summed E-state index contributed by atoms with van der Waals surface area (Å²) in [5.74, 6) is -3.46. The molecular formula is C26H23Cl3N2O4. The number of benzene rings is 2. The highest BCUT2D eigenvalue weighted by Gasteiger charge is 2.54. The van der Waals surface area contributed by atoms with Crippen molar-refractivity contribution in [3.63, 3.8) is 0 Å². The molecule has 4 atom stereocenters. The summed E-state index contributed by atoms with van der Waals surface area (Å²) in [7, 11) is 0. The van der Waals surface area contributed by atoms with Crippen molar-refractivity contribution in [2.75, 3.05) is 5.88 Å². The fourth-order valence-electron chi connectivity index (χ4n) is 4.71. The maximum absolute atomic E-state index is 13.8. The van der Waals surface area contributed by atoms with Crippen LogP contribution in [-0.4, -0.2) is 45.4 Å². The minimum Gasteiger partial charge on any atom is -0.292 e. The van der Waals surface area contributed by atoms with Crippen molar-refractivity contribution in [3.8, 4) is 0 Å². The molecule has 2 aromatic carbocycles. The van der Waals surface area contributed by atoms with Gasteiger partial charge in [-0.15, -0.1) is 11.6 Å². The molecule has 0 unspecified atom stereocenters. The summed E-state index contributed by atoms with van der Waals surface area (Å²) in [5.41, 5.74) is 0.462. The van der Waals surface area contributed by atoms with E-state index >= 15 is 0 Å². The second-order valence-corrected chi connectivity index (χ2v) is 9.92. The zero-order valence-electron chi connectivity index (χ0n) is 18.9. The number of amides is 3. The maximum Gasteiger partial charge on any atom is 0.273 e. The lowest BCUT2D eigenvalue weighted by Gasteiger charge is -2.36. The van der Waals surface area contributed by atoms with Gasteiger partial charge in [0.15, 0.2) is 5.78 Å². The smallest absolute Gasteiger partial charge is 0.273 e. The third-order valence-corrected chi connectivity index (χ3v) is 7.20. The average Bonchev–Trinajstić information content (AvgIpc) is 3.10. The molecule has 35 heavy (non-hydrogen) atoms. The van der Waals surface area contributed by atoms with Gasteiger partial charge in [-0.05, 0) is 67.3 Å². The van der Waals surface area contributed by atoms with Gasteiger partial charge in [-0.3, -0.25) is 19.2 Å². The maximum atomic E-state index is 13.8. The number of halogens is 3. The third-order valence-electron chi connectivity index (χ3n) is 6.47. The molecule has 1 fully saturated rings. The van der Waals surface area contributed by atoms with Gasteiger partial charge < -0.3 is 0 Å². The highest BCUT2D eigenvalue weighted by molar-refractivity contribution is 6.31. The Labute approximate surface area is 218 Å². The van der Waals surface area contributed by atoms with E-state index in [0.717, 1.165) is 10.0 Å². The van der Waals surface area contributed by atoms with Gasteiger partial charge in [0, 0.05) is 27.1 Å². The minimum absolute atomic E-state index is 0.0232. The lowest BCUT2D eigenvalue weighted by Crippen LogP contribution is -2.57. The van der Waals surface area contributed by atoms with Crippen molar-refractivity contribution < 1.29 is 19.2 Å². The van der Waals surface area contributed by atoms with E-state index in [4.69, 9.17) is 34.8 Å². The van der Waals surface area contributed by atoms with Gasteiger partial charge in [0.2, 0.25) is 0 Å². The van der Waals surface area contributed by atoms with E-state index in [9.17, 15) is 19.2 Å². The van der Waals surface area contributed by atoms with Gasteiger partial charge in [0.1, 0.15) is 6.04 Å². The molecule has 1 heterocycles. The summed E-state index contributed by atoms with van der Waals surface area (Å²) in [5, 5.41) is 2.74. The molecule has 6 nitrogen and oxygen atoms in total. The lowest BCUT2D eigenvalue weighted by atomic mass is 9.78. The van der Waals surface area contributed by atoms with Crippen LogP contribution in [-0.2, 0) is 9.59 Å². The van der Waals surface area contributed by atoms with Crippen molar-refractivity contribution in [2.45, 2.75) is 25.8 Å². The van der Waals surface area contributed by atoms with Crippen LogP contribution in [0.4, 0.5) is 0 Å². The molecule has 3 amide bonds. The van der Waals surface area contributed by atoms with E-state index in [1.54, 1.807) is 12.1 Å². The fraction of sp³-hybridized carbons (Fsp3) is 0.308. The van der Waals surface area contributed by atoms with Gasteiger partial charge in [0.25, 0.3) is 17.7 Å². The monoisotopic (exact) mass is 532 g/mol. The number of imide groups is 1. The van der Waals surface area contributed by atoms with Gasteiger partial charge in [-0.1, -0.05) is 42.3 Å². The highest BCUT2D eigenvalue weighted by Crippen LogP contribution is 2.40. The summed E-state index contributed by atoms with van der Waals surface area (Å²) in [6, 6.07) is 11.1. The Morgan fingerprint density at radius 3 is 2.09 bits per heavy atom. The minimum atomic E-state index is -1.19. The number of Topliss-reactive ketones (excluding diaryl/α,β-unsaturated/α-hetero) is 1. The van der Waals surface area contributed by atoms with Crippen molar-refractivity contribution in [1.29, 1.82) is 0 Å². The number of hydrogen-bond donors (Lipinski definition) is 0. The topological polar surface area (TPSA) is 74.8 Å². The Kier molecular flexibility index (Phi) is 7.64. The van der Waals surface area contributed by atoms with Crippen molar-refractivity contribution in [2.24, 2.45) is 17.8 Å². The third kappa shape index (κ3) is 4.88. The van der Waals surface area contributed by atoms with Gasteiger partial charge in [0.05, 0.1) is 11.8 Å². The predicted octanol–water partition coefficient (Wildman–Crippen LogP) is 5.43. The second kappa shape index (κ2) is 10.5. The van der Waals surface area contributed by atoms with Gasteiger partial charge >= 0.3 is 0 Å². The number of allylic oxidation sites excluding steroid dienone is 2. The van der Waals surface area contributed by atoms with Crippen LogP contribution < -0.4 is 0 Å². The Balaban J connectivity index is 1.81. The second-order valence-electron chi connectivity index (χ2n) is 8.66. The predicted molar refractivity (Wildman–Crippen MR) is 134 cm³/mol. The Morgan fingerprint density at radius 2 is 1.54 bits per heavy atom. The molecule has 9 heteroatoms. The zero-order chi connectivity index (χ0) is 25.3. The first-order valence-corrected chi connectivity index (χ1v) is 12.5. The number of carbonyl (C=O) groups is 4. The molecular weight excluding hydrogens is 511 g/mol. The molecule has 1 saturated heterocycles. The Hall–Kier alpha value is -2.67. The Morgan fingerprint density at radius 1 is 0.971 bits per heavy atom. The van der Waals surface area contributed by atoms with E-state index in [1.807, 2.05) is 19.1 Å². The van der Waals surface area contributed by atoms with Crippen molar-refractivity contribution >= 4 is 58.3 Å². The quantitative estimate of drug-likeness (QED) is 0.206. The molecule has 2 aliphatic rings. The molecule has 0 saturated carbocycles. The van der Waals surface area contributed by atoms with Gasteiger partial charge in [-0.2, -0.15) is 5.01 Å². The molecule has 0 spiro atoms. The number of carbonyl (C=O) groups excluding carboxylic acids is 4. The largest absolute Gasteiger partial charge is 0.292 e. The molecule has 1 aliphatic heterocycles. The molecule has 4 rings (SSSR count). The standard InChI is InChI=1S/C26H23Cl3N2O4/c1-15-3-2-4-20-22(15)26(35)31(25(20)34)30(24(33)17-7-11-19(29)12-8-17)21(13-14-27)23(32)16-5-9-18(28)10-6-16/h2-3,5-12,15,20-22H,4,13-14H2,1H3/t15-,20+,21+,22-/m1/s1. The van der Waals surface area contributed by atoms with Crippen LogP contribution in [0.1, 0.15) is 40.5 Å². The van der Waals surface area contributed by atoms with Crippen LogP contribution in [0, 0.1) is 17.8 Å². The number of fused-ring (bicyclic) bond motifs is 1. The SMILES string of the molecule is C[C@@H]1C=CC[C@@H]2C(=O)N(N(C(=O)c3ccc(Cl)cc3)[C@@H](CCCl)C(=O)c3ccc(Cl)cc3)C(=O)[C@H]12. The van der Waals surface area contributed by atoms with E-state index in [2.05, 4.69) is 0 Å². The van der Waals surface area contributed by atoms with Crippen LogP contribution in [0.5, 0.6) is 0 Å². The zero-order valence-corrected chi connectivity index (χ0v) is 21.1. The van der Waals surface area contributed by atoms with E-state index in [1.165, 1.54) is 36.4 Å². The normalized spacial score (nSPS) is 22.2. The number of hydrazine groups is 1. The average molecular weight is 534 g/mol. The molecule has 0 N–H and O–H groups in total. The first-order valence-electron chi connectivity index (χ1n) is 11.2. The van der Waals surface area contributed by atoms with Crippen LogP contribution in [0.2, 0.25) is 10.0 Å². The highest BCUT2D eigenvalue weighted by atomic mass is 35.5. The first kappa shape index (κ1) is 25.4. The number of alkyl halides is 1. The van der Waals surface area contributed by atoms with Crippen LogP contribution >= 0.6 is 34.8 Å². The molecule has 182 valence electrons. The molecule has 0 bridgehead atoms. The summed E-state index contributed by atoms with van der Waals surface area (Å²) in [4.78, 5) is 54.6. The summed E-state index contributed by atoms with van der Waals surface area (Å²) < 4.78 is 0. The first-order chi connectivity index (χ1) is 16.7. The Bertz CT molecular complexity index is 1180. The van der Waals surface area contributed by atoms with Crippen molar-refractivity contribution in [1.82, 2.24) is 10.0 Å². The fourth-order valence-corrected chi connectivity index (χ4v) is 5.17. The van der Waals surface area contributed by atoms with E-state index < -0.39 is 41.4 Å². The molecule has 0 radical (unpaired) electrons. The number of ketones is 1. The van der Waals surface area contributed by atoms with Gasteiger partial charge in [-0.25, -0.2) is 5.01 Å². The van der Waals surface area contributed by atoms with Crippen molar-refractivity contribution in [3.05, 3.63) is 81.9 Å². The van der Waals surface area contributed by atoms with E-state index in [-0.39, 0.29) is 29.3 Å². The number of nitrogens with zero attached hydrogens (tertiary/aromatic N) is 2. The van der Waals surface area contributed by atoms with Crippen LogP contribution in [0.25, 0.3) is 0 Å². The number of rotatable bonds is 7. The number of hydrogen-bond acceptors (Lipinski definition) is 4. The van der Waals surface area contributed by atoms with Crippen LogP contribution in [0.3, 0.4) is 0 Å². The molecule has 0 aromatic heterocycles. The molecule has 1 aliphatic carbocycles. The summed E-state index contributed by atoms with van der Waals surface area (Å²) in [6.07, 6.45) is 4.20. The van der Waals surface area contributed by atoms with E-state index in [0.29, 0.717) is 16.5 Å². The summed E-state index contributed by atoms with van der Waals surface area (Å²) in [6.45, 7) is 1.86. The summed E-state index contributed by atoms with van der Waals surface area (Å²) >= 11 is 18.0. The van der Waals surface area contributed by atoms with Crippen LogP contribution in [0.15, 0.2) is 60.7 Å². The molecule has 2 aromatic rings.